The molecule has 6 aromatic carbocycles. The van der Waals surface area contributed by atoms with E-state index in [1.165, 1.54) is 44.7 Å². The molecule has 1 fully saturated rings. The van der Waals surface area contributed by atoms with Gasteiger partial charge in [-0.15, -0.1) is 0 Å². The molecule has 1 aliphatic heterocycles. The third kappa shape index (κ3) is 10.2. The molecule has 222 valence electrons. The molecule has 0 aromatic heterocycles. The van der Waals surface area contributed by atoms with Crippen LogP contribution in [0, 0.1) is 0 Å². The average molecular weight is 698 g/mol. The molecule has 0 bridgehead atoms. The van der Waals surface area contributed by atoms with Crippen molar-refractivity contribution >= 4 is 47.7 Å². The first-order valence-electron chi connectivity index (χ1n) is 14.9. The third-order valence-electron chi connectivity index (χ3n) is 6.91. The van der Waals surface area contributed by atoms with Gasteiger partial charge in [-0.3, -0.25) is 0 Å². The van der Waals surface area contributed by atoms with Crippen LogP contribution in [0.15, 0.2) is 182 Å². The number of rotatable bonds is 6. The predicted octanol–water partition coefficient (Wildman–Crippen LogP) is 7.68. The topological polar surface area (TPSA) is 9.23 Å². The number of benzene rings is 6. The van der Waals surface area contributed by atoms with E-state index in [-0.39, 0.29) is 19.5 Å². The molecule has 1 saturated heterocycles. The summed E-state index contributed by atoms with van der Waals surface area (Å²) in [5.74, 6) is 0. The summed E-state index contributed by atoms with van der Waals surface area (Å²) in [5.41, 5.74) is 0. The second-order valence-electron chi connectivity index (χ2n) is 10.0. The molecule has 0 amide bonds. The minimum atomic E-state index is -0.446. The Kier molecular flexibility index (Phi) is 14.7. The van der Waals surface area contributed by atoms with Crippen molar-refractivity contribution in [1.82, 2.24) is 0 Å². The molecule has 6 aromatic rings. The van der Waals surface area contributed by atoms with E-state index in [1.807, 2.05) is 0 Å². The molecule has 44 heavy (non-hydrogen) atoms. The molecular formula is C40H38OP2Ru. The van der Waals surface area contributed by atoms with Gasteiger partial charge in [0.15, 0.2) is 0 Å². The molecule has 7 rings (SSSR count). The van der Waals surface area contributed by atoms with Crippen LogP contribution in [0.5, 0.6) is 0 Å². The largest absolute Gasteiger partial charge is 0.381 e. The molecule has 0 radical (unpaired) electrons. The summed E-state index contributed by atoms with van der Waals surface area (Å²) >= 11 is 0. The van der Waals surface area contributed by atoms with Crippen LogP contribution in [-0.4, -0.2) is 13.2 Å². The zero-order chi connectivity index (χ0) is 29.4. The Hall–Kier alpha value is -3.24. The van der Waals surface area contributed by atoms with Gasteiger partial charge in [0.25, 0.3) is 0 Å². The van der Waals surface area contributed by atoms with Crippen LogP contribution in [-0.2, 0) is 24.2 Å². The summed E-state index contributed by atoms with van der Waals surface area (Å²) < 4.78 is 4.94. The smallest absolute Gasteiger partial charge is 0.0466 e. The summed E-state index contributed by atoms with van der Waals surface area (Å²) in [5, 5.41) is 8.39. The van der Waals surface area contributed by atoms with Gasteiger partial charge in [-0.25, -0.2) is 0 Å². The van der Waals surface area contributed by atoms with Crippen LogP contribution in [0.3, 0.4) is 0 Å². The van der Waals surface area contributed by atoms with Crippen molar-refractivity contribution in [1.29, 1.82) is 0 Å². The summed E-state index contributed by atoms with van der Waals surface area (Å²) in [6.07, 6.45) is 2.56. The fraction of sp³-hybridized carbons (Fsp3) is 0.100. The summed E-state index contributed by atoms with van der Waals surface area (Å²) in [7, 11) is -0.892. The van der Waals surface area contributed by atoms with Gasteiger partial charge in [-0.1, -0.05) is 182 Å². The van der Waals surface area contributed by atoms with Crippen molar-refractivity contribution in [3.8, 4) is 0 Å². The SMILES string of the molecule is C1CCOC1.[Ru].c1ccc(P(c2ccccc2)c2ccccc2)cc1.c1ccc(P(c2ccccc2)c2ccccc2)cc1. The minimum Gasteiger partial charge on any atom is -0.381 e. The molecule has 0 atom stereocenters. The quantitative estimate of drug-likeness (QED) is 0.128. The minimum absolute atomic E-state index is 0. The number of hydrogen-bond acceptors (Lipinski definition) is 1. The van der Waals surface area contributed by atoms with E-state index in [2.05, 4.69) is 182 Å². The third-order valence-corrected chi connectivity index (χ3v) is 11.8. The van der Waals surface area contributed by atoms with Gasteiger partial charge in [0, 0.05) is 32.7 Å². The van der Waals surface area contributed by atoms with Gasteiger partial charge in [0.05, 0.1) is 0 Å². The number of hydrogen-bond donors (Lipinski definition) is 0. The van der Waals surface area contributed by atoms with Crippen molar-refractivity contribution in [2.75, 3.05) is 13.2 Å². The van der Waals surface area contributed by atoms with Gasteiger partial charge < -0.3 is 4.74 Å². The van der Waals surface area contributed by atoms with Crippen LogP contribution in [0.2, 0.25) is 0 Å². The van der Waals surface area contributed by atoms with E-state index in [1.54, 1.807) is 0 Å². The van der Waals surface area contributed by atoms with Crippen LogP contribution < -0.4 is 31.8 Å². The van der Waals surface area contributed by atoms with Gasteiger partial charge in [-0.2, -0.15) is 0 Å². The summed E-state index contributed by atoms with van der Waals surface area (Å²) in [4.78, 5) is 0. The maximum Gasteiger partial charge on any atom is 0.0466 e. The van der Waals surface area contributed by atoms with Gasteiger partial charge in [-0.05, 0) is 60.5 Å². The maximum atomic E-state index is 4.94. The van der Waals surface area contributed by atoms with E-state index in [9.17, 15) is 0 Å². The first kappa shape index (κ1) is 33.7. The fourth-order valence-electron chi connectivity index (χ4n) is 4.87. The van der Waals surface area contributed by atoms with Crippen molar-refractivity contribution in [2.24, 2.45) is 0 Å². The standard InChI is InChI=1S/2C18H15P.C4H8O.Ru/c2*1-4-10-16(11-5-1)19(17-12-6-2-7-13-17)18-14-8-3-9-15-18;1-2-4-5-3-1;/h2*1-15H;1-4H2;. The first-order valence-corrected chi connectivity index (χ1v) is 17.6. The van der Waals surface area contributed by atoms with Crippen molar-refractivity contribution in [3.63, 3.8) is 0 Å². The van der Waals surface area contributed by atoms with Gasteiger partial charge in [0.2, 0.25) is 0 Å². The van der Waals surface area contributed by atoms with Gasteiger partial charge >= 0.3 is 0 Å². The van der Waals surface area contributed by atoms with Crippen molar-refractivity contribution in [3.05, 3.63) is 182 Å². The number of ether oxygens (including phenoxy) is 1. The Morgan fingerprint density at radius 2 is 0.477 bits per heavy atom. The Bertz CT molecular complexity index is 1250. The van der Waals surface area contributed by atoms with Crippen LogP contribution in [0.25, 0.3) is 0 Å². The maximum absolute atomic E-state index is 4.94. The normalized spacial score (nSPS) is 11.9. The Morgan fingerprint density at radius 3 is 0.614 bits per heavy atom. The zero-order valence-corrected chi connectivity index (χ0v) is 28.3. The first-order chi connectivity index (χ1) is 21.4. The van der Waals surface area contributed by atoms with Crippen LogP contribution >= 0.6 is 15.8 Å². The van der Waals surface area contributed by atoms with Crippen LogP contribution in [0.4, 0.5) is 0 Å². The summed E-state index contributed by atoms with van der Waals surface area (Å²) in [6.45, 7) is 2.00. The molecule has 0 unspecified atom stereocenters. The Balaban J connectivity index is 0.000000170. The molecule has 1 aliphatic rings. The van der Waals surface area contributed by atoms with E-state index in [0.717, 1.165) is 13.2 Å². The zero-order valence-electron chi connectivity index (χ0n) is 24.8. The molecule has 0 N–H and O–H groups in total. The molecular weight excluding hydrogens is 659 g/mol. The van der Waals surface area contributed by atoms with E-state index >= 15 is 0 Å². The van der Waals surface area contributed by atoms with Gasteiger partial charge in [0.1, 0.15) is 0 Å². The molecule has 1 heterocycles. The molecule has 1 nitrogen and oxygen atoms in total. The Morgan fingerprint density at radius 1 is 0.295 bits per heavy atom. The van der Waals surface area contributed by atoms with E-state index in [0.29, 0.717) is 0 Å². The average Bonchev–Trinajstić information content (AvgIpc) is 3.69. The molecule has 0 saturated carbocycles. The fourth-order valence-corrected chi connectivity index (χ4v) is 9.48. The Labute approximate surface area is 278 Å². The van der Waals surface area contributed by atoms with Crippen molar-refractivity contribution in [2.45, 2.75) is 12.8 Å². The van der Waals surface area contributed by atoms with E-state index < -0.39 is 15.8 Å². The molecule has 4 heteroatoms. The molecule has 0 spiro atoms. The molecule has 0 aliphatic carbocycles. The monoisotopic (exact) mass is 698 g/mol. The van der Waals surface area contributed by atoms with Crippen molar-refractivity contribution < 1.29 is 24.2 Å². The van der Waals surface area contributed by atoms with Crippen LogP contribution in [0.1, 0.15) is 12.8 Å². The van der Waals surface area contributed by atoms with E-state index in [4.69, 9.17) is 4.74 Å². The summed E-state index contributed by atoms with van der Waals surface area (Å²) in [6, 6.07) is 64.7. The second kappa shape index (κ2) is 19.2. The predicted molar refractivity (Wildman–Crippen MR) is 190 cm³/mol. The second-order valence-corrected chi connectivity index (χ2v) is 14.4.